The van der Waals surface area contributed by atoms with Crippen molar-refractivity contribution in [1.82, 2.24) is 0 Å². The van der Waals surface area contributed by atoms with Crippen molar-refractivity contribution in [1.29, 1.82) is 0 Å². The molecule has 1 aromatic carbocycles. The highest BCUT2D eigenvalue weighted by Gasteiger charge is 2.21. The van der Waals surface area contributed by atoms with E-state index in [0.29, 0.717) is 13.4 Å². The van der Waals surface area contributed by atoms with Crippen LogP contribution < -0.4 is 0 Å². The standard InChI is InChI=1S/C15H20O3/c1-12(18-11-16-2)8-13-9-15(17-10-13)14-6-4-3-5-7-14/h3-8,12,15H,9-11H2,1-2H3/b13-8+/t12-,15-/m0/s1. The van der Waals surface area contributed by atoms with Crippen molar-refractivity contribution in [2.45, 2.75) is 25.6 Å². The van der Waals surface area contributed by atoms with E-state index in [1.807, 2.05) is 25.1 Å². The normalized spacial score (nSPS) is 23.4. The van der Waals surface area contributed by atoms with Crippen LogP contribution in [0.25, 0.3) is 0 Å². The summed E-state index contributed by atoms with van der Waals surface area (Å²) >= 11 is 0. The van der Waals surface area contributed by atoms with Crippen LogP contribution in [-0.4, -0.2) is 26.6 Å². The molecule has 1 saturated heterocycles. The molecule has 98 valence electrons. The highest BCUT2D eigenvalue weighted by atomic mass is 16.7. The van der Waals surface area contributed by atoms with Crippen LogP contribution in [0.1, 0.15) is 25.0 Å². The van der Waals surface area contributed by atoms with E-state index in [-0.39, 0.29) is 12.2 Å². The van der Waals surface area contributed by atoms with E-state index in [1.54, 1.807) is 7.11 Å². The first-order valence-electron chi connectivity index (χ1n) is 6.26. The number of methoxy groups -OCH3 is 1. The van der Waals surface area contributed by atoms with Gasteiger partial charge >= 0.3 is 0 Å². The Kier molecular flexibility index (Phi) is 4.93. The van der Waals surface area contributed by atoms with Crippen molar-refractivity contribution in [2.75, 3.05) is 20.5 Å². The first kappa shape index (κ1) is 13.3. The smallest absolute Gasteiger partial charge is 0.147 e. The number of benzene rings is 1. The number of hydrogen-bond acceptors (Lipinski definition) is 3. The molecule has 3 heteroatoms. The number of rotatable bonds is 5. The quantitative estimate of drug-likeness (QED) is 0.592. The summed E-state index contributed by atoms with van der Waals surface area (Å²) in [6.07, 6.45) is 3.33. The first-order valence-corrected chi connectivity index (χ1v) is 6.26. The lowest BCUT2D eigenvalue weighted by Crippen LogP contribution is -2.08. The van der Waals surface area contributed by atoms with Crippen LogP contribution in [0.15, 0.2) is 42.0 Å². The maximum atomic E-state index is 5.80. The summed E-state index contributed by atoms with van der Waals surface area (Å²) in [5.41, 5.74) is 2.54. The average Bonchev–Trinajstić information content (AvgIpc) is 2.86. The van der Waals surface area contributed by atoms with Crippen molar-refractivity contribution in [2.24, 2.45) is 0 Å². The Labute approximate surface area is 108 Å². The molecule has 1 heterocycles. The minimum atomic E-state index is 0.0677. The van der Waals surface area contributed by atoms with Gasteiger partial charge in [-0.3, -0.25) is 0 Å². The molecule has 0 saturated carbocycles. The van der Waals surface area contributed by atoms with E-state index in [1.165, 1.54) is 11.1 Å². The predicted molar refractivity (Wildman–Crippen MR) is 70.3 cm³/mol. The maximum Gasteiger partial charge on any atom is 0.147 e. The van der Waals surface area contributed by atoms with Gasteiger partial charge in [0, 0.05) is 13.5 Å². The second kappa shape index (κ2) is 6.69. The largest absolute Gasteiger partial charge is 0.369 e. The molecule has 0 bridgehead atoms. The average molecular weight is 248 g/mol. The van der Waals surface area contributed by atoms with Crippen LogP contribution in [0.3, 0.4) is 0 Å². The minimum Gasteiger partial charge on any atom is -0.369 e. The molecule has 0 aliphatic carbocycles. The van der Waals surface area contributed by atoms with Crippen LogP contribution in [0.4, 0.5) is 0 Å². The van der Waals surface area contributed by atoms with Gasteiger partial charge in [-0.2, -0.15) is 0 Å². The molecule has 2 atom stereocenters. The Hall–Kier alpha value is -1.16. The molecule has 1 aromatic rings. The second-order valence-corrected chi connectivity index (χ2v) is 4.52. The summed E-state index contributed by atoms with van der Waals surface area (Å²) < 4.78 is 16.1. The van der Waals surface area contributed by atoms with Gasteiger partial charge in [-0.15, -0.1) is 0 Å². The predicted octanol–water partition coefficient (Wildman–Crippen LogP) is 3.08. The van der Waals surface area contributed by atoms with Gasteiger partial charge in [-0.05, 0) is 18.1 Å². The fourth-order valence-corrected chi connectivity index (χ4v) is 2.12. The summed E-state index contributed by atoms with van der Waals surface area (Å²) in [7, 11) is 1.63. The zero-order valence-corrected chi connectivity index (χ0v) is 11.0. The van der Waals surface area contributed by atoms with Crippen molar-refractivity contribution in [3.8, 4) is 0 Å². The highest BCUT2D eigenvalue weighted by molar-refractivity contribution is 5.22. The van der Waals surface area contributed by atoms with E-state index < -0.39 is 0 Å². The van der Waals surface area contributed by atoms with Gasteiger partial charge in [-0.25, -0.2) is 0 Å². The van der Waals surface area contributed by atoms with Crippen LogP contribution in [0.2, 0.25) is 0 Å². The Morgan fingerprint density at radius 2 is 2.17 bits per heavy atom. The van der Waals surface area contributed by atoms with Gasteiger partial charge in [0.25, 0.3) is 0 Å². The Morgan fingerprint density at radius 3 is 2.89 bits per heavy atom. The highest BCUT2D eigenvalue weighted by Crippen LogP contribution is 2.32. The zero-order chi connectivity index (χ0) is 12.8. The Balaban J connectivity index is 1.90. The topological polar surface area (TPSA) is 27.7 Å². The number of ether oxygens (including phenoxy) is 3. The van der Waals surface area contributed by atoms with E-state index in [2.05, 4.69) is 18.2 Å². The van der Waals surface area contributed by atoms with Gasteiger partial charge < -0.3 is 14.2 Å². The zero-order valence-electron chi connectivity index (χ0n) is 11.0. The fourth-order valence-electron chi connectivity index (χ4n) is 2.12. The second-order valence-electron chi connectivity index (χ2n) is 4.52. The van der Waals surface area contributed by atoms with Crippen molar-refractivity contribution < 1.29 is 14.2 Å². The van der Waals surface area contributed by atoms with Crippen molar-refractivity contribution >= 4 is 0 Å². The molecule has 2 rings (SSSR count). The Bertz CT molecular complexity index is 386. The summed E-state index contributed by atoms with van der Waals surface area (Å²) in [6.45, 7) is 3.04. The lowest BCUT2D eigenvalue weighted by molar-refractivity contribution is -0.0497. The van der Waals surface area contributed by atoms with Crippen LogP contribution >= 0.6 is 0 Å². The molecular weight excluding hydrogens is 228 g/mol. The van der Waals surface area contributed by atoms with Gasteiger partial charge in [0.1, 0.15) is 6.79 Å². The molecule has 1 aliphatic rings. The third-order valence-electron chi connectivity index (χ3n) is 3.01. The van der Waals surface area contributed by atoms with E-state index in [0.717, 1.165) is 6.42 Å². The van der Waals surface area contributed by atoms with E-state index in [9.17, 15) is 0 Å². The molecule has 0 amide bonds. The van der Waals surface area contributed by atoms with E-state index >= 15 is 0 Å². The lowest BCUT2D eigenvalue weighted by atomic mass is 10.0. The molecule has 1 aliphatic heterocycles. The molecular formula is C15H20O3. The van der Waals surface area contributed by atoms with Crippen molar-refractivity contribution in [3.63, 3.8) is 0 Å². The Morgan fingerprint density at radius 1 is 1.39 bits per heavy atom. The minimum absolute atomic E-state index is 0.0677. The first-order chi connectivity index (χ1) is 8.79. The van der Waals surface area contributed by atoms with Gasteiger partial charge in [0.15, 0.2) is 0 Å². The van der Waals surface area contributed by atoms with Crippen LogP contribution in [0.5, 0.6) is 0 Å². The molecule has 3 nitrogen and oxygen atoms in total. The molecule has 18 heavy (non-hydrogen) atoms. The molecule has 0 spiro atoms. The molecule has 1 fully saturated rings. The summed E-state index contributed by atoms with van der Waals surface area (Å²) in [6, 6.07) is 10.3. The summed E-state index contributed by atoms with van der Waals surface area (Å²) in [4.78, 5) is 0. The van der Waals surface area contributed by atoms with E-state index in [4.69, 9.17) is 14.2 Å². The maximum absolute atomic E-state index is 5.80. The summed E-state index contributed by atoms with van der Waals surface area (Å²) in [5, 5.41) is 0. The summed E-state index contributed by atoms with van der Waals surface area (Å²) in [5.74, 6) is 0. The van der Waals surface area contributed by atoms with Crippen LogP contribution in [-0.2, 0) is 14.2 Å². The van der Waals surface area contributed by atoms with Crippen molar-refractivity contribution in [3.05, 3.63) is 47.5 Å². The fraction of sp³-hybridized carbons (Fsp3) is 0.467. The van der Waals surface area contributed by atoms with Crippen LogP contribution in [0, 0.1) is 0 Å². The molecule has 0 radical (unpaired) electrons. The van der Waals surface area contributed by atoms with Gasteiger partial charge in [0.05, 0.1) is 18.8 Å². The lowest BCUT2D eigenvalue weighted by Gasteiger charge is -2.09. The third kappa shape index (κ3) is 3.67. The molecule has 0 aromatic heterocycles. The number of hydrogen-bond donors (Lipinski definition) is 0. The SMILES string of the molecule is COCO[C@@H](C)/C=C1/CO[C@H](c2ccccc2)C1. The monoisotopic (exact) mass is 248 g/mol. The molecule has 0 unspecified atom stereocenters. The third-order valence-corrected chi connectivity index (χ3v) is 3.01. The molecule has 0 N–H and O–H groups in total. The van der Waals surface area contributed by atoms with Gasteiger partial charge in [0.2, 0.25) is 0 Å². The van der Waals surface area contributed by atoms with Gasteiger partial charge in [-0.1, -0.05) is 36.4 Å².